The van der Waals surface area contributed by atoms with Gasteiger partial charge < -0.3 is 94.9 Å². The number of aliphatic hydroxyl groups is 9. The number of carboxylic acids is 1. The van der Waals surface area contributed by atoms with Crippen LogP contribution in [0.4, 0.5) is 0 Å². The summed E-state index contributed by atoms with van der Waals surface area (Å²) in [6.07, 6.45) is 0.0464. The van der Waals surface area contributed by atoms with Crippen LogP contribution in [0, 0.1) is 142 Å². The number of aliphatic hydroxyl groups excluding tert-OH is 9. The lowest BCUT2D eigenvalue weighted by atomic mass is 9.92. The van der Waals surface area contributed by atoms with Crippen LogP contribution in [-0.2, 0) is 61.9 Å². The molecular formula is C80H100N2O23. The fourth-order valence-corrected chi connectivity index (χ4v) is 10.1. The van der Waals surface area contributed by atoms with Crippen LogP contribution in [0.5, 0.6) is 0 Å². The molecule has 2 rings (SSSR count). The van der Waals surface area contributed by atoms with Crippen molar-refractivity contribution >= 4 is 35.5 Å². The average molecular weight is 1460 g/mol. The monoisotopic (exact) mass is 1460 g/mol. The Kier molecular flexibility index (Phi) is 52.2. The second-order valence-corrected chi connectivity index (χ2v) is 24.3. The molecule has 2 saturated heterocycles. The van der Waals surface area contributed by atoms with Gasteiger partial charge in [-0.15, -0.1) is 0 Å². The lowest BCUT2D eigenvalue weighted by molar-refractivity contribution is -0.323. The maximum Gasteiger partial charge on any atom is 0.364 e. The highest BCUT2D eigenvalue weighted by Gasteiger charge is 2.54. The average Bonchev–Trinajstić information content (AvgIpc) is 0.778. The first-order valence-corrected chi connectivity index (χ1v) is 35.6. The Morgan fingerprint density at radius 2 is 1.02 bits per heavy atom. The summed E-state index contributed by atoms with van der Waals surface area (Å²) in [6.45, 7) is 2.14. The first kappa shape index (κ1) is 92.3. The van der Waals surface area contributed by atoms with E-state index in [1.165, 1.54) is 44.9 Å². The summed E-state index contributed by atoms with van der Waals surface area (Å²) < 4.78 is 38.3. The maximum atomic E-state index is 13.1. The van der Waals surface area contributed by atoms with Crippen molar-refractivity contribution in [2.24, 2.45) is 0 Å². The molecule has 0 bridgehead atoms. The van der Waals surface area contributed by atoms with E-state index in [1.54, 1.807) is 6.92 Å². The molecule has 0 saturated carbocycles. The number of esters is 2. The van der Waals surface area contributed by atoms with Crippen LogP contribution >= 0.6 is 0 Å². The molecule has 2 aliphatic heterocycles. The van der Waals surface area contributed by atoms with Gasteiger partial charge in [-0.2, -0.15) is 0 Å². The minimum Gasteiger partial charge on any atom is -0.477 e. The number of hydrogen-bond acceptors (Lipinski definition) is 22. The van der Waals surface area contributed by atoms with Gasteiger partial charge in [0.05, 0.1) is 57.5 Å². The van der Waals surface area contributed by atoms with Crippen molar-refractivity contribution in [1.82, 2.24) is 10.6 Å². The third kappa shape index (κ3) is 43.9. The summed E-state index contributed by atoms with van der Waals surface area (Å²) in [5.41, 5.74) is 0. The van der Waals surface area contributed by atoms with Crippen LogP contribution in [-0.4, -0.2) is 219 Å². The summed E-state index contributed by atoms with van der Waals surface area (Å²) in [4.78, 5) is 74.1. The fourth-order valence-electron chi connectivity index (χ4n) is 10.1. The number of hydrogen-bond donors (Lipinski definition) is 12. The molecule has 13 atom stereocenters. The molecule has 2 heterocycles. The van der Waals surface area contributed by atoms with Gasteiger partial charge in [-0.25, -0.2) is 4.79 Å². The second-order valence-electron chi connectivity index (χ2n) is 24.3. The van der Waals surface area contributed by atoms with Gasteiger partial charge in [-0.3, -0.25) is 24.0 Å². The van der Waals surface area contributed by atoms with E-state index in [0.29, 0.717) is 38.5 Å². The van der Waals surface area contributed by atoms with Gasteiger partial charge in [0.25, 0.3) is 11.7 Å². The quantitative estimate of drug-likeness (QED) is 0.0234. The highest BCUT2D eigenvalue weighted by Crippen LogP contribution is 2.33. The lowest BCUT2D eigenvalue weighted by Crippen LogP contribution is -2.62. The van der Waals surface area contributed by atoms with Crippen molar-refractivity contribution < 1.29 is 113 Å². The Bertz CT molecular complexity index is 3510. The van der Waals surface area contributed by atoms with Crippen molar-refractivity contribution in [2.45, 2.75) is 266 Å². The summed E-state index contributed by atoms with van der Waals surface area (Å²) >= 11 is 0. The topological polar surface area (TPSA) is 393 Å². The largest absolute Gasteiger partial charge is 0.477 e. The van der Waals surface area contributed by atoms with Crippen LogP contribution in [0.25, 0.3) is 0 Å². The zero-order valence-corrected chi connectivity index (χ0v) is 60.0. The smallest absolute Gasteiger partial charge is 0.364 e. The second kappa shape index (κ2) is 59.4. The van der Waals surface area contributed by atoms with Gasteiger partial charge in [0.15, 0.2) is 6.29 Å². The number of nitrogens with one attached hydrogen (secondary N) is 2. The Labute approximate surface area is 617 Å². The van der Waals surface area contributed by atoms with E-state index in [9.17, 15) is 79.8 Å². The number of carbonyl (C=O) groups excluding carboxylic acids is 5. The first-order chi connectivity index (χ1) is 50.8. The van der Waals surface area contributed by atoms with Crippen LogP contribution in [0.1, 0.15) is 187 Å². The predicted molar refractivity (Wildman–Crippen MR) is 383 cm³/mol. The Morgan fingerprint density at radius 1 is 0.533 bits per heavy atom. The Hall–Kier alpha value is -8.82. The van der Waals surface area contributed by atoms with Crippen molar-refractivity contribution in [1.29, 1.82) is 0 Å². The van der Waals surface area contributed by atoms with Crippen LogP contribution in [0.3, 0.4) is 0 Å². The van der Waals surface area contributed by atoms with E-state index in [1.807, 2.05) is 0 Å². The predicted octanol–water partition coefficient (Wildman–Crippen LogP) is 1.69. The zero-order valence-electron chi connectivity index (χ0n) is 60.0. The minimum absolute atomic E-state index is 0.0293. The van der Waals surface area contributed by atoms with E-state index in [4.69, 9.17) is 33.2 Å². The SMILES string of the molecule is CC#CC#CC#CC#CC#CC#CC#CC#CC#CC#CC#CC#CC(=O)N[C@@H](CO[C@H]1OC(COCCCCCCCC(=O)CCC(=O)OCCOC(=O)CCC(=O)NCCCCCO[C@]2(C(=O)O)C[C@@H](O)[C@@H](O)C([C@H](O)CO)O2)[C@H](O)[C@H](O)C1O)[C@H](O)[C@H](O)CCCCCCCCCCCCCC. The number of aliphatic carboxylic acids is 1. The highest BCUT2D eigenvalue weighted by molar-refractivity contribution is 5.94. The number of amides is 2. The van der Waals surface area contributed by atoms with Crippen molar-refractivity contribution in [3.63, 3.8) is 0 Å². The number of carbonyl (C=O) groups is 6. The molecule has 25 heteroatoms. The molecule has 25 nitrogen and oxygen atoms in total. The summed E-state index contributed by atoms with van der Waals surface area (Å²) in [5.74, 6) is 52.8. The van der Waals surface area contributed by atoms with E-state index in [2.05, 4.69) is 160 Å². The molecular weight excluding hydrogens is 1360 g/mol. The molecule has 2 amide bonds. The van der Waals surface area contributed by atoms with Crippen LogP contribution < -0.4 is 10.6 Å². The van der Waals surface area contributed by atoms with Gasteiger partial charge in [0, 0.05) is 80.3 Å². The summed E-state index contributed by atoms with van der Waals surface area (Å²) in [7, 11) is 0. The minimum atomic E-state index is -2.36. The molecule has 568 valence electrons. The molecule has 0 spiro atoms. The van der Waals surface area contributed by atoms with Gasteiger partial charge in [0.2, 0.25) is 5.91 Å². The van der Waals surface area contributed by atoms with Crippen molar-refractivity contribution in [2.75, 3.05) is 52.8 Å². The van der Waals surface area contributed by atoms with E-state index in [-0.39, 0.29) is 83.9 Å². The van der Waals surface area contributed by atoms with Crippen LogP contribution in [0.2, 0.25) is 0 Å². The molecule has 0 aromatic carbocycles. The Balaban J connectivity index is 1.75. The van der Waals surface area contributed by atoms with E-state index < -0.39 is 129 Å². The fraction of sp³-hybridized carbons (Fsp3) is 0.625. The molecule has 2 aliphatic rings. The number of carboxylic acid groups (broad SMARTS) is 1. The Morgan fingerprint density at radius 3 is 1.55 bits per heavy atom. The number of ketones is 1. The number of unbranched alkanes of at least 4 members (excludes halogenated alkanes) is 17. The molecule has 0 aromatic rings. The third-order valence-electron chi connectivity index (χ3n) is 15.9. The van der Waals surface area contributed by atoms with E-state index in [0.717, 1.165) is 44.9 Å². The van der Waals surface area contributed by atoms with Gasteiger partial charge in [-0.1, -0.05) is 109 Å². The lowest BCUT2D eigenvalue weighted by Gasteiger charge is -2.43. The van der Waals surface area contributed by atoms with Crippen molar-refractivity contribution in [3.8, 4) is 142 Å². The molecule has 105 heavy (non-hydrogen) atoms. The zero-order chi connectivity index (χ0) is 77.0. The third-order valence-corrected chi connectivity index (χ3v) is 15.9. The normalized spacial score (nSPS) is 19.7. The molecule has 0 aliphatic carbocycles. The molecule has 12 N–H and O–H groups in total. The maximum absolute atomic E-state index is 13.1. The molecule has 2 fully saturated rings. The van der Waals surface area contributed by atoms with Crippen LogP contribution in [0.15, 0.2) is 0 Å². The first-order valence-electron chi connectivity index (χ1n) is 35.6. The number of Topliss-reactive ketones (excluding diaryl/α,β-unsaturated/α-hetero) is 1. The van der Waals surface area contributed by atoms with Crippen molar-refractivity contribution in [3.05, 3.63) is 0 Å². The van der Waals surface area contributed by atoms with E-state index >= 15 is 0 Å². The molecule has 3 unspecified atom stereocenters. The number of ether oxygens (including phenoxy) is 7. The van der Waals surface area contributed by atoms with Gasteiger partial charge >= 0.3 is 17.9 Å². The molecule has 0 aromatic heterocycles. The summed E-state index contributed by atoms with van der Waals surface area (Å²) in [5, 5.41) is 109. The van der Waals surface area contributed by atoms with Gasteiger partial charge in [-0.05, 0) is 140 Å². The summed E-state index contributed by atoms with van der Waals surface area (Å²) in [6, 6.07) is -1.29. The van der Waals surface area contributed by atoms with Gasteiger partial charge in [0.1, 0.15) is 67.8 Å². The standard InChI is InChI=1S/C80H100N2O23/c1-3-5-7-9-11-13-15-17-18-19-20-21-22-23-24-25-26-27-29-31-33-37-42-48-69(89)82-63(72(92)64(85)47-41-36-32-30-28-16-14-12-10-8-6-4-2)60-102-78-76(96)75(95)74(94)67(104-78)61-99-54-44-38-34-35-40-46-62(84)49-51-70(90)100-56-57-101-71(91)52-50-68(88)81-53-43-39-45-55-103-80(79(97)98)58-65(86)73(93)77(105-80)66(87)59-83/h63-67,72-78,83,85-87,92-96H,4,6,8,10,12,14,16,28,30,32,34-36,38-41,43-47,49-61H2,1-2H3,(H,81,88)(H,82,89)(H,97,98)/t63-,64+,65+,66+,67?,72-,73+,74-,75-,76?,77?,78-,80+/m0/s1. The highest BCUT2D eigenvalue weighted by atomic mass is 16.7. The number of rotatable bonds is 48. The molecule has 0 radical (unpaired) electrons.